The molecule has 9 heavy (non-hydrogen) atoms. The molecule has 0 heterocycles. The van der Waals surface area contributed by atoms with Gasteiger partial charge < -0.3 is 5.32 Å². The topological polar surface area (TPSA) is 12.0 Å². The molecular weight excluding hydrogens is 117 g/mol. The number of alkyl halides is 1. The number of rotatable bonds is 5. The summed E-state index contributed by atoms with van der Waals surface area (Å²) in [4.78, 5) is 0. The molecule has 1 N–H and O–H groups in total. The van der Waals surface area contributed by atoms with Gasteiger partial charge in [0.05, 0.1) is 6.67 Å². The van der Waals surface area contributed by atoms with Crippen LogP contribution in [0.2, 0.25) is 0 Å². The summed E-state index contributed by atoms with van der Waals surface area (Å²) in [5, 5.41) is 3.05. The summed E-state index contributed by atoms with van der Waals surface area (Å²) >= 11 is 0. The van der Waals surface area contributed by atoms with Crippen molar-refractivity contribution in [1.82, 2.24) is 5.32 Å². The molecule has 54 valence electrons. The lowest BCUT2D eigenvalue weighted by Gasteiger charge is -1.99. The highest BCUT2D eigenvalue weighted by Gasteiger charge is 1.85. The first-order valence-corrected chi connectivity index (χ1v) is 3.18. The van der Waals surface area contributed by atoms with Crippen LogP contribution < -0.4 is 5.32 Å². The van der Waals surface area contributed by atoms with Gasteiger partial charge in [0.1, 0.15) is 0 Å². The van der Waals surface area contributed by atoms with E-state index in [1.165, 1.54) is 0 Å². The fourth-order valence-corrected chi connectivity index (χ4v) is 0.494. The second-order valence-electron chi connectivity index (χ2n) is 2.18. The molecule has 0 aromatic heterocycles. The van der Waals surface area contributed by atoms with E-state index < -0.39 is 0 Å². The second kappa shape index (κ2) is 5.76. The Bertz CT molecular complexity index is 81.0. The van der Waals surface area contributed by atoms with Crippen molar-refractivity contribution in [2.75, 3.05) is 19.8 Å². The quantitative estimate of drug-likeness (QED) is 0.440. The molecule has 0 aliphatic rings. The Balaban J connectivity index is 2.83. The summed E-state index contributed by atoms with van der Waals surface area (Å²) in [5.41, 5.74) is 1.09. The third-order valence-electron chi connectivity index (χ3n) is 0.914. The van der Waals surface area contributed by atoms with Crippen LogP contribution in [0, 0.1) is 0 Å². The fraction of sp³-hybridized carbons (Fsp3) is 0.714. The SMILES string of the molecule is C=C(C)CNCCCF. The van der Waals surface area contributed by atoms with Gasteiger partial charge in [0.15, 0.2) is 0 Å². The minimum atomic E-state index is -0.233. The van der Waals surface area contributed by atoms with Gasteiger partial charge in [0, 0.05) is 6.54 Å². The molecule has 0 amide bonds. The Morgan fingerprint density at radius 1 is 1.67 bits per heavy atom. The van der Waals surface area contributed by atoms with Crippen molar-refractivity contribution in [2.24, 2.45) is 0 Å². The summed E-state index contributed by atoms with van der Waals surface area (Å²) in [7, 11) is 0. The minimum absolute atomic E-state index is 0.233. The summed E-state index contributed by atoms with van der Waals surface area (Å²) in [6, 6.07) is 0. The van der Waals surface area contributed by atoms with Gasteiger partial charge in [0.2, 0.25) is 0 Å². The van der Waals surface area contributed by atoms with Gasteiger partial charge in [0.25, 0.3) is 0 Å². The number of hydrogen-bond acceptors (Lipinski definition) is 1. The molecule has 0 aromatic carbocycles. The van der Waals surface area contributed by atoms with Crippen molar-refractivity contribution < 1.29 is 4.39 Å². The average molecular weight is 131 g/mol. The van der Waals surface area contributed by atoms with Crippen LogP contribution in [0.25, 0.3) is 0 Å². The van der Waals surface area contributed by atoms with Gasteiger partial charge in [-0.3, -0.25) is 4.39 Å². The van der Waals surface area contributed by atoms with Crippen LogP contribution >= 0.6 is 0 Å². The molecule has 0 spiro atoms. The maximum Gasteiger partial charge on any atom is 0.0906 e. The third-order valence-corrected chi connectivity index (χ3v) is 0.914. The number of halogens is 1. The summed E-state index contributed by atoms with van der Waals surface area (Å²) in [5.74, 6) is 0. The van der Waals surface area contributed by atoms with Crippen LogP contribution in [0.5, 0.6) is 0 Å². The Kier molecular flexibility index (Phi) is 5.52. The lowest BCUT2D eigenvalue weighted by atomic mass is 10.3. The van der Waals surface area contributed by atoms with Crippen LogP contribution in [-0.4, -0.2) is 19.8 Å². The van der Waals surface area contributed by atoms with Crippen molar-refractivity contribution in [3.05, 3.63) is 12.2 Å². The molecule has 0 rings (SSSR count). The zero-order valence-electron chi connectivity index (χ0n) is 5.91. The van der Waals surface area contributed by atoms with Gasteiger partial charge in [-0.1, -0.05) is 12.2 Å². The molecule has 0 aromatic rings. The normalized spacial score (nSPS) is 9.56. The van der Waals surface area contributed by atoms with E-state index in [-0.39, 0.29) is 6.67 Å². The lowest BCUT2D eigenvalue weighted by molar-refractivity contribution is 0.463. The summed E-state index contributed by atoms with van der Waals surface area (Å²) < 4.78 is 11.5. The smallest absolute Gasteiger partial charge is 0.0906 e. The highest BCUT2D eigenvalue weighted by Crippen LogP contribution is 1.82. The van der Waals surface area contributed by atoms with Crippen molar-refractivity contribution in [3.63, 3.8) is 0 Å². The maximum atomic E-state index is 11.5. The molecule has 0 saturated carbocycles. The van der Waals surface area contributed by atoms with Crippen molar-refractivity contribution in [2.45, 2.75) is 13.3 Å². The summed E-state index contributed by atoms with van der Waals surface area (Å²) in [6.07, 6.45) is 0.604. The van der Waals surface area contributed by atoms with Crippen molar-refractivity contribution in [3.8, 4) is 0 Å². The zero-order chi connectivity index (χ0) is 7.11. The first-order chi connectivity index (χ1) is 4.27. The van der Waals surface area contributed by atoms with E-state index >= 15 is 0 Å². The molecule has 0 atom stereocenters. The van der Waals surface area contributed by atoms with E-state index in [1.54, 1.807) is 0 Å². The van der Waals surface area contributed by atoms with Crippen LogP contribution in [0.3, 0.4) is 0 Å². The van der Waals surface area contributed by atoms with Crippen LogP contribution in [-0.2, 0) is 0 Å². The standard InChI is InChI=1S/C7H14FN/c1-7(2)6-9-5-3-4-8/h9H,1,3-6H2,2H3. The van der Waals surface area contributed by atoms with E-state index in [9.17, 15) is 4.39 Å². The second-order valence-corrected chi connectivity index (χ2v) is 2.18. The molecule has 0 aliphatic carbocycles. The Hall–Kier alpha value is -0.370. The highest BCUT2D eigenvalue weighted by atomic mass is 19.1. The van der Waals surface area contributed by atoms with Gasteiger partial charge in [-0.2, -0.15) is 0 Å². The van der Waals surface area contributed by atoms with Crippen molar-refractivity contribution >= 4 is 0 Å². The average Bonchev–Trinajstić information content (AvgIpc) is 1.80. The first kappa shape index (κ1) is 8.63. The van der Waals surface area contributed by atoms with E-state index in [4.69, 9.17) is 0 Å². The minimum Gasteiger partial charge on any atom is -0.313 e. The van der Waals surface area contributed by atoms with E-state index in [0.717, 1.165) is 18.7 Å². The largest absolute Gasteiger partial charge is 0.313 e. The molecule has 0 aliphatic heterocycles. The highest BCUT2D eigenvalue weighted by molar-refractivity contribution is 4.90. The maximum absolute atomic E-state index is 11.5. The Morgan fingerprint density at radius 2 is 2.33 bits per heavy atom. The number of nitrogens with one attached hydrogen (secondary N) is 1. The predicted octanol–water partition coefficient (Wildman–Crippen LogP) is 1.51. The van der Waals surface area contributed by atoms with E-state index in [0.29, 0.717) is 6.42 Å². The van der Waals surface area contributed by atoms with E-state index in [2.05, 4.69) is 11.9 Å². The molecule has 0 saturated heterocycles. The number of hydrogen-bond donors (Lipinski definition) is 1. The van der Waals surface area contributed by atoms with E-state index in [1.807, 2.05) is 6.92 Å². The molecular formula is C7H14FN. The van der Waals surface area contributed by atoms with Gasteiger partial charge in [-0.25, -0.2) is 0 Å². The molecule has 0 unspecified atom stereocenters. The van der Waals surface area contributed by atoms with Gasteiger partial charge in [-0.15, -0.1) is 0 Å². The monoisotopic (exact) mass is 131 g/mol. The van der Waals surface area contributed by atoms with Crippen molar-refractivity contribution in [1.29, 1.82) is 0 Å². The zero-order valence-corrected chi connectivity index (χ0v) is 5.91. The molecule has 0 bridgehead atoms. The summed E-state index contributed by atoms with van der Waals surface area (Å²) in [6.45, 7) is 6.97. The molecule has 0 radical (unpaired) electrons. The fourth-order valence-electron chi connectivity index (χ4n) is 0.494. The van der Waals surface area contributed by atoms with Gasteiger partial charge in [-0.05, 0) is 19.9 Å². The Morgan fingerprint density at radius 3 is 2.78 bits per heavy atom. The Labute approximate surface area is 56.0 Å². The van der Waals surface area contributed by atoms with Crippen LogP contribution in [0.4, 0.5) is 4.39 Å². The van der Waals surface area contributed by atoms with Crippen LogP contribution in [0.15, 0.2) is 12.2 Å². The van der Waals surface area contributed by atoms with Crippen LogP contribution in [0.1, 0.15) is 13.3 Å². The predicted molar refractivity (Wildman–Crippen MR) is 38.3 cm³/mol. The lowest BCUT2D eigenvalue weighted by Crippen LogP contribution is -2.17. The first-order valence-electron chi connectivity index (χ1n) is 3.18. The van der Waals surface area contributed by atoms with Gasteiger partial charge >= 0.3 is 0 Å². The molecule has 2 heteroatoms. The molecule has 1 nitrogen and oxygen atoms in total. The third kappa shape index (κ3) is 7.63. The molecule has 0 fully saturated rings.